The lowest BCUT2D eigenvalue weighted by atomic mass is 10.1. The Kier molecular flexibility index (Phi) is 5.02. The van der Waals surface area contributed by atoms with Crippen LogP contribution in [0.3, 0.4) is 0 Å². The van der Waals surface area contributed by atoms with E-state index in [2.05, 4.69) is 23.4 Å². The van der Waals surface area contributed by atoms with Crippen molar-refractivity contribution in [2.45, 2.75) is 51.5 Å². The Bertz CT molecular complexity index is 258. The van der Waals surface area contributed by atoms with E-state index < -0.39 is 0 Å². The topological polar surface area (TPSA) is 17.8 Å². The maximum atomic E-state index is 6.16. The number of rotatable bonds is 6. The number of halogens is 1. The summed E-state index contributed by atoms with van der Waals surface area (Å²) in [7, 11) is 0. The summed E-state index contributed by atoms with van der Waals surface area (Å²) in [6.07, 6.45) is 8.19. The van der Waals surface area contributed by atoms with Crippen molar-refractivity contribution in [3.8, 4) is 0 Å². The predicted octanol–water partition coefficient (Wildman–Crippen LogP) is 3.24. The van der Waals surface area contributed by atoms with E-state index >= 15 is 0 Å². The Hall–Kier alpha value is -0.500. The van der Waals surface area contributed by atoms with Gasteiger partial charge < -0.3 is 4.57 Å². The van der Waals surface area contributed by atoms with Crippen LogP contribution in [-0.4, -0.2) is 14.9 Å². The molecule has 0 spiro atoms. The molecule has 1 aromatic rings. The quantitative estimate of drug-likeness (QED) is 0.665. The molecule has 80 valence electrons. The predicted molar refractivity (Wildman–Crippen MR) is 60.8 cm³/mol. The zero-order chi connectivity index (χ0) is 10.4. The van der Waals surface area contributed by atoms with Crippen LogP contribution in [-0.2, 0) is 13.0 Å². The van der Waals surface area contributed by atoms with E-state index in [0.717, 1.165) is 38.1 Å². The monoisotopic (exact) mass is 214 g/mol. The van der Waals surface area contributed by atoms with Crippen molar-refractivity contribution in [2.75, 3.05) is 0 Å². The molecule has 2 nitrogen and oxygen atoms in total. The first-order valence-corrected chi connectivity index (χ1v) is 5.85. The Morgan fingerprint density at radius 3 is 2.86 bits per heavy atom. The summed E-state index contributed by atoms with van der Waals surface area (Å²) in [4.78, 5) is 4.32. The first-order valence-electron chi connectivity index (χ1n) is 5.42. The average molecular weight is 215 g/mol. The van der Waals surface area contributed by atoms with Crippen LogP contribution in [0.5, 0.6) is 0 Å². The van der Waals surface area contributed by atoms with E-state index in [-0.39, 0.29) is 0 Å². The van der Waals surface area contributed by atoms with E-state index in [1.165, 1.54) is 0 Å². The van der Waals surface area contributed by atoms with E-state index in [1.54, 1.807) is 0 Å². The molecule has 0 amide bonds. The van der Waals surface area contributed by atoms with Crippen LogP contribution in [0.2, 0.25) is 0 Å². The normalized spacial score (nSPS) is 13.1. The summed E-state index contributed by atoms with van der Waals surface area (Å²) in [5, 5.41) is 0.307. The molecule has 0 aliphatic heterocycles. The molecule has 0 aliphatic carbocycles. The second-order valence-electron chi connectivity index (χ2n) is 3.55. The molecule has 0 saturated carbocycles. The van der Waals surface area contributed by atoms with Gasteiger partial charge in [-0.25, -0.2) is 4.98 Å². The molecule has 1 aromatic heterocycles. The van der Waals surface area contributed by atoms with E-state index in [9.17, 15) is 0 Å². The summed E-state index contributed by atoms with van der Waals surface area (Å²) in [5.74, 6) is 1.16. The molecule has 3 heteroatoms. The van der Waals surface area contributed by atoms with Crippen molar-refractivity contribution in [3.63, 3.8) is 0 Å². The molecule has 1 unspecified atom stereocenters. The first-order chi connectivity index (χ1) is 6.77. The van der Waals surface area contributed by atoms with Gasteiger partial charge in [-0.1, -0.05) is 13.3 Å². The maximum absolute atomic E-state index is 6.16. The van der Waals surface area contributed by atoms with Gasteiger partial charge in [0.2, 0.25) is 0 Å². The van der Waals surface area contributed by atoms with E-state index in [0.29, 0.717) is 5.38 Å². The van der Waals surface area contributed by atoms with Crippen molar-refractivity contribution in [3.05, 3.63) is 18.2 Å². The molecule has 0 fully saturated rings. The van der Waals surface area contributed by atoms with Crippen molar-refractivity contribution >= 4 is 11.6 Å². The summed E-state index contributed by atoms with van der Waals surface area (Å²) < 4.78 is 2.18. The standard InChI is InChI=1S/C11H19ClN2/c1-3-5-10(12)6-7-11-13-8-9-14(11)4-2/h8-10H,3-7H2,1-2H3. The molecular formula is C11H19ClN2. The Labute approximate surface area is 91.3 Å². The lowest BCUT2D eigenvalue weighted by molar-refractivity contribution is 0.626. The molecular weight excluding hydrogens is 196 g/mol. The number of hydrogen-bond donors (Lipinski definition) is 0. The molecule has 0 aliphatic rings. The lowest BCUT2D eigenvalue weighted by Crippen LogP contribution is -2.05. The molecule has 14 heavy (non-hydrogen) atoms. The van der Waals surface area contributed by atoms with Crippen LogP contribution >= 0.6 is 11.6 Å². The highest BCUT2D eigenvalue weighted by atomic mass is 35.5. The van der Waals surface area contributed by atoms with Gasteiger partial charge in [0.1, 0.15) is 5.82 Å². The van der Waals surface area contributed by atoms with Gasteiger partial charge >= 0.3 is 0 Å². The van der Waals surface area contributed by atoms with Gasteiger partial charge in [-0.05, 0) is 19.8 Å². The Morgan fingerprint density at radius 2 is 2.21 bits per heavy atom. The molecule has 1 rings (SSSR count). The molecule has 0 bridgehead atoms. The minimum atomic E-state index is 0.307. The summed E-state index contributed by atoms with van der Waals surface area (Å²) in [6.45, 7) is 5.30. The smallest absolute Gasteiger partial charge is 0.108 e. The highest BCUT2D eigenvalue weighted by Crippen LogP contribution is 2.13. The van der Waals surface area contributed by atoms with Gasteiger partial charge in [0.25, 0.3) is 0 Å². The number of imidazole rings is 1. The SMILES string of the molecule is CCCC(Cl)CCc1nccn1CC. The molecule has 0 radical (unpaired) electrons. The fourth-order valence-electron chi connectivity index (χ4n) is 1.60. The van der Waals surface area contributed by atoms with Crippen molar-refractivity contribution in [1.29, 1.82) is 0 Å². The largest absolute Gasteiger partial charge is 0.335 e. The third-order valence-corrected chi connectivity index (χ3v) is 2.86. The van der Waals surface area contributed by atoms with Crippen molar-refractivity contribution in [1.82, 2.24) is 9.55 Å². The number of alkyl halides is 1. The van der Waals surface area contributed by atoms with Gasteiger partial charge in [0, 0.05) is 30.7 Å². The van der Waals surface area contributed by atoms with Crippen LogP contribution < -0.4 is 0 Å². The second-order valence-corrected chi connectivity index (χ2v) is 4.17. The molecule has 0 saturated heterocycles. The molecule has 1 heterocycles. The van der Waals surface area contributed by atoms with Crippen molar-refractivity contribution in [2.24, 2.45) is 0 Å². The van der Waals surface area contributed by atoms with Gasteiger partial charge in [0.05, 0.1) is 0 Å². The number of nitrogens with zero attached hydrogens (tertiary/aromatic N) is 2. The maximum Gasteiger partial charge on any atom is 0.108 e. The second kappa shape index (κ2) is 6.07. The van der Waals surface area contributed by atoms with Crippen LogP contribution in [0, 0.1) is 0 Å². The Morgan fingerprint density at radius 1 is 1.43 bits per heavy atom. The number of aryl methyl sites for hydroxylation is 2. The highest BCUT2D eigenvalue weighted by molar-refractivity contribution is 6.20. The minimum Gasteiger partial charge on any atom is -0.335 e. The average Bonchev–Trinajstić information content (AvgIpc) is 2.62. The van der Waals surface area contributed by atoms with Crippen LogP contribution in [0.25, 0.3) is 0 Å². The zero-order valence-electron chi connectivity index (χ0n) is 9.04. The van der Waals surface area contributed by atoms with Gasteiger partial charge in [-0.2, -0.15) is 0 Å². The first kappa shape index (κ1) is 11.6. The number of aromatic nitrogens is 2. The van der Waals surface area contributed by atoms with E-state index in [1.807, 2.05) is 12.4 Å². The van der Waals surface area contributed by atoms with Gasteiger partial charge in [-0.15, -0.1) is 11.6 Å². The molecule has 0 aromatic carbocycles. The van der Waals surface area contributed by atoms with Crippen LogP contribution in [0.15, 0.2) is 12.4 Å². The zero-order valence-corrected chi connectivity index (χ0v) is 9.80. The van der Waals surface area contributed by atoms with Crippen molar-refractivity contribution < 1.29 is 0 Å². The minimum absolute atomic E-state index is 0.307. The molecule has 1 atom stereocenters. The van der Waals surface area contributed by atoms with Gasteiger partial charge in [0.15, 0.2) is 0 Å². The highest BCUT2D eigenvalue weighted by Gasteiger charge is 2.06. The fraction of sp³-hybridized carbons (Fsp3) is 0.727. The Balaban J connectivity index is 2.37. The summed E-state index contributed by atoms with van der Waals surface area (Å²) in [6, 6.07) is 0. The van der Waals surface area contributed by atoms with E-state index in [4.69, 9.17) is 11.6 Å². The number of hydrogen-bond acceptors (Lipinski definition) is 1. The van der Waals surface area contributed by atoms with Crippen LogP contribution in [0.4, 0.5) is 0 Å². The van der Waals surface area contributed by atoms with Gasteiger partial charge in [-0.3, -0.25) is 0 Å². The lowest BCUT2D eigenvalue weighted by Gasteiger charge is -2.08. The summed E-state index contributed by atoms with van der Waals surface area (Å²) >= 11 is 6.16. The summed E-state index contributed by atoms with van der Waals surface area (Å²) in [5.41, 5.74) is 0. The van der Waals surface area contributed by atoms with Crippen LogP contribution in [0.1, 0.15) is 38.9 Å². The molecule has 0 N–H and O–H groups in total. The fourth-order valence-corrected chi connectivity index (χ4v) is 1.93. The third-order valence-electron chi connectivity index (χ3n) is 2.43. The third kappa shape index (κ3) is 3.33.